The van der Waals surface area contributed by atoms with Crippen molar-refractivity contribution in [1.82, 2.24) is 5.32 Å². The molecule has 6 nitrogen and oxygen atoms in total. The molecule has 1 aromatic rings. The van der Waals surface area contributed by atoms with Crippen LogP contribution in [0, 0.1) is 5.92 Å². The Hall–Kier alpha value is -3.15. The highest BCUT2D eigenvalue weighted by atomic mass is 16.5. The second kappa shape index (κ2) is 6.54. The maximum atomic E-state index is 12.3. The van der Waals surface area contributed by atoms with E-state index in [-0.39, 0.29) is 17.9 Å². The Morgan fingerprint density at radius 1 is 1.38 bits per heavy atom. The molecule has 1 atom stereocenters. The number of allylic oxidation sites excluding steroid dienone is 4. The molecule has 0 spiro atoms. The molecule has 2 aliphatic rings. The van der Waals surface area contributed by atoms with Crippen molar-refractivity contribution in [3.63, 3.8) is 0 Å². The third-order valence-corrected chi connectivity index (χ3v) is 3.81. The Balaban J connectivity index is 1.76. The first kappa shape index (κ1) is 15.7. The Kier molecular flexibility index (Phi) is 4.29. The minimum absolute atomic E-state index is 0.205. The van der Waals surface area contributed by atoms with Crippen LogP contribution in [0.3, 0.4) is 0 Å². The quantitative estimate of drug-likeness (QED) is 0.827. The fraction of sp³-hybridized carbons (Fsp3) is 0.167. The van der Waals surface area contributed by atoms with E-state index < -0.39 is 17.7 Å². The van der Waals surface area contributed by atoms with E-state index in [0.29, 0.717) is 11.5 Å². The van der Waals surface area contributed by atoms with Gasteiger partial charge < -0.3 is 15.2 Å². The summed E-state index contributed by atoms with van der Waals surface area (Å²) in [5, 5.41) is 12.9. The summed E-state index contributed by atoms with van der Waals surface area (Å²) in [4.78, 5) is 28.3. The maximum absolute atomic E-state index is 12.3. The summed E-state index contributed by atoms with van der Waals surface area (Å²) in [5.74, 6) is -1.53. The number of hydrogen-bond donors (Lipinski definition) is 2. The molecular weight excluding hydrogens is 308 g/mol. The Morgan fingerprint density at radius 2 is 2.21 bits per heavy atom. The third kappa shape index (κ3) is 2.99. The van der Waals surface area contributed by atoms with E-state index in [0.717, 1.165) is 5.56 Å². The first-order valence-corrected chi connectivity index (χ1v) is 7.42. The van der Waals surface area contributed by atoms with Gasteiger partial charge in [-0.05, 0) is 23.8 Å². The smallest absolute Gasteiger partial charge is 0.286 e. The molecule has 0 bridgehead atoms. The molecule has 0 saturated carbocycles. The molecule has 1 aliphatic heterocycles. The van der Waals surface area contributed by atoms with Gasteiger partial charge in [0.25, 0.3) is 11.8 Å². The van der Waals surface area contributed by atoms with Gasteiger partial charge in [0, 0.05) is 6.54 Å². The van der Waals surface area contributed by atoms with E-state index >= 15 is 0 Å². The first-order chi connectivity index (χ1) is 11.6. The van der Waals surface area contributed by atoms with Gasteiger partial charge in [0.1, 0.15) is 17.1 Å². The normalized spacial score (nSPS) is 19.0. The fourth-order valence-corrected chi connectivity index (χ4v) is 2.57. The number of methoxy groups -OCH3 is 1. The van der Waals surface area contributed by atoms with Gasteiger partial charge in [-0.3, -0.25) is 9.59 Å². The largest absolute Gasteiger partial charge is 0.510 e. The lowest BCUT2D eigenvalue weighted by atomic mass is 9.90. The molecule has 0 fully saturated rings. The van der Waals surface area contributed by atoms with E-state index in [1.807, 2.05) is 6.07 Å². The van der Waals surface area contributed by atoms with Gasteiger partial charge in [-0.1, -0.05) is 30.4 Å². The van der Waals surface area contributed by atoms with Gasteiger partial charge in [0.2, 0.25) is 0 Å². The minimum atomic E-state index is -0.734. The van der Waals surface area contributed by atoms with Gasteiger partial charge in [-0.15, -0.1) is 0 Å². The number of fused-ring (bicyclic) bond motifs is 1. The van der Waals surface area contributed by atoms with Crippen molar-refractivity contribution in [3.05, 3.63) is 65.5 Å². The number of aliphatic hydroxyl groups is 1. The molecule has 3 rings (SSSR count). The highest BCUT2D eigenvalue weighted by molar-refractivity contribution is 6.25. The van der Waals surface area contributed by atoms with Crippen LogP contribution in [-0.4, -0.2) is 29.7 Å². The van der Waals surface area contributed by atoms with Crippen LogP contribution in [0.2, 0.25) is 0 Å². The molecule has 2 N–H and O–H groups in total. The van der Waals surface area contributed by atoms with Crippen molar-refractivity contribution in [2.75, 3.05) is 7.11 Å². The number of aliphatic hydroxyl groups excluding tert-OH is 1. The molecule has 6 heteroatoms. The van der Waals surface area contributed by atoms with Gasteiger partial charge >= 0.3 is 0 Å². The molecule has 1 aliphatic carbocycles. The maximum Gasteiger partial charge on any atom is 0.286 e. The lowest BCUT2D eigenvalue weighted by Gasteiger charge is -2.21. The average Bonchev–Trinajstić information content (AvgIpc) is 2.60. The second-order valence-corrected chi connectivity index (χ2v) is 5.36. The summed E-state index contributed by atoms with van der Waals surface area (Å²) < 4.78 is 5.12. The first-order valence-electron chi connectivity index (χ1n) is 7.42. The van der Waals surface area contributed by atoms with Crippen LogP contribution < -0.4 is 10.1 Å². The van der Waals surface area contributed by atoms with E-state index in [1.54, 1.807) is 49.6 Å². The number of carbonyl (C=O) groups excluding carboxylic acids is 2. The molecular formula is C18H16N2O4. The van der Waals surface area contributed by atoms with Crippen LogP contribution >= 0.6 is 0 Å². The Bertz CT molecular complexity index is 818. The van der Waals surface area contributed by atoms with Crippen LogP contribution in [0.1, 0.15) is 5.56 Å². The van der Waals surface area contributed by atoms with Crippen LogP contribution in [0.4, 0.5) is 0 Å². The summed E-state index contributed by atoms with van der Waals surface area (Å²) >= 11 is 0. The highest BCUT2D eigenvalue weighted by Gasteiger charge is 2.33. The zero-order valence-electron chi connectivity index (χ0n) is 13.0. The predicted octanol–water partition coefficient (Wildman–Crippen LogP) is 1.85. The molecule has 0 saturated heterocycles. The number of carbonyl (C=O) groups is 2. The fourth-order valence-electron chi connectivity index (χ4n) is 2.57. The number of dihydropyridines is 1. The number of nitrogens with one attached hydrogen (secondary N) is 1. The number of amides is 2. The number of aliphatic imine (C=N–C) groups is 1. The van der Waals surface area contributed by atoms with E-state index in [4.69, 9.17) is 4.74 Å². The monoisotopic (exact) mass is 324 g/mol. The van der Waals surface area contributed by atoms with Gasteiger partial charge in [0.05, 0.1) is 18.7 Å². The summed E-state index contributed by atoms with van der Waals surface area (Å²) in [5.41, 5.74) is 0.937. The van der Waals surface area contributed by atoms with Crippen LogP contribution in [0.25, 0.3) is 0 Å². The van der Waals surface area contributed by atoms with E-state index in [2.05, 4.69) is 10.3 Å². The van der Waals surface area contributed by atoms with Crippen LogP contribution in [0.5, 0.6) is 5.75 Å². The van der Waals surface area contributed by atoms with Crippen molar-refractivity contribution in [2.24, 2.45) is 10.9 Å². The zero-order chi connectivity index (χ0) is 17.1. The summed E-state index contributed by atoms with van der Waals surface area (Å²) in [6, 6.07) is 7.20. The zero-order valence-corrected chi connectivity index (χ0v) is 13.0. The molecule has 1 aromatic carbocycles. The minimum Gasteiger partial charge on any atom is -0.510 e. The predicted molar refractivity (Wildman–Crippen MR) is 88.7 cm³/mol. The molecule has 1 heterocycles. The number of rotatable bonds is 4. The van der Waals surface area contributed by atoms with Crippen LogP contribution in [-0.2, 0) is 16.1 Å². The lowest BCUT2D eigenvalue weighted by Crippen LogP contribution is -2.34. The standard InChI is InChI=1S/C18H16N2O4/c1-24-12-6-4-5-11(9-12)10-19-17(22)15-16(21)13-7-2-3-8-14(13)20-18(15)23/h2-9,13,21H,10H2,1H3,(H,19,22). The SMILES string of the molecule is COc1cccc(CNC(=O)C2=C(O)C3C=CC=CC3=NC2=O)c1. The number of benzene rings is 1. The van der Waals surface area contributed by atoms with E-state index in [9.17, 15) is 14.7 Å². The Labute approximate surface area is 138 Å². The summed E-state index contributed by atoms with van der Waals surface area (Å²) in [6.45, 7) is 0.205. The third-order valence-electron chi connectivity index (χ3n) is 3.81. The average molecular weight is 324 g/mol. The lowest BCUT2D eigenvalue weighted by molar-refractivity contribution is -0.122. The van der Waals surface area contributed by atoms with Crippen molar-refractivity contribution < 1.29 is 19.4 Å². The molecule has 122 valence electrons. The molecule has 2 amide bonds. The van der Waals surface area contributed by atoms with Crippen molar-refractivity contribution in [3.8, 4) is 5.75 Å². The van der Waals surface area contributed by atoms with Crippen molar-refractivity contribution >= 4 is 17.5 Å². The van der Waals surface area contributed by atoms with Gasteiger partial charge in [-0.2, -0.15) is 0 Å². The number of ether oxygens (including phenoxy) is 1. The van der Waals surface area contributed by atoms with Crippen molar-refractivity contribution in [1.29, 1.82) is 0 Å². The second-order valence-electron chi connectivity index (χ2n) is 5.36. The summed E-state index contributed by atoms with van der Waals surface area (Å²) in [7, 11) is 1.56. The van der Waals surface area contributed by atoms with Crippen LogP contribution in [0.15, 0.2) is 64.9 Å². The molecule has 0 aromatic heterocycles. The number of hydrogen-bond acceptors (Lipinski definition) is 4. The number of nitrogens with zero attached hydrogens (tertiary/aromatic N) is 1. The molecule has 1 unspecified atom stereocenters. The Morgan fingerprint density at radius 3 is 3.00 bits per heavy atom. The summed E-state index contributed by atoms with van der Waals surface area (Å²) in [6.07, 6.45) is 6.80. The van der Waals surface area contributed by atoms with Gasteiger partial charge in [0.15, 0.2) is 0 Å². The topological polar surface area (TPSA) is 88.0 Å². The van der Waals surface area contributed by atoms with Crippen molar-refractivity contribution in [2.45, 2.75) is 6.54 Å². The highest BCUT2D eigenvalue weighted by Crippen LogP contribution is 2.25. The molecule has 24 heavy (non-hydrogen) atoms. The molecule has 0 radical (unpaired) electrons. The van der Waals surface area contributed by atoms with Gasteiger partial charge in [-0.25, -0.2) is 4.99 Å². The van der Waals surface area contributed by atoms with E-state index in [1.165, 1.54) is 0 Å².